The van der Waals surface area contributed by atoms with Gasteiger partial charge in [0, 0.05) is 19.2 Å². The number of rotatable bonds is 0. The smallest absolute Gasteiger partial charge is 0.346 e. The summed E-state index contributed by atoms with van der Waals surface area (Å²) in [6.07, 6.45) is 0. The predicted molar refractivity (Wildman–Crippen MR) is 61.9 cm³/mol. The number of ether oxygens (including phenoxy) is 2. The molecule has 0 N–H and O–H groups in total. The van der Waals surface area contributed by atoms with Gasteiger partial charge >= 0.3 is 5.97 Å². The van der Waals surface area contributed by atoms with Gasteiger partial charge in [-0.15, -0.1) is 0 Å². The molecule has 17 heavy (non-hydrogen) atoms. The van der Waals surface area contributed by atoms with Gasteiger partial charge in [-0.25, -0.2) is 9.78 Å². The van der Waals surface area contributed by atoms with Crippen molar-refractivity contribution in [1.29, 1.82) is 0 Å². The first-order valence-electron chi connectivity index (χ1n) is 5.37. The van der Waals surface area contributed by atoms with Crippen LogP contribution in [0.1, 0.15) is 24.2 Å². The Bertz CT molecular complexity index is 619. The van der Waals surface area contributed by atoms with Gasteiger partial charge in [-0.1, -0.05) is 18.2 Å². The van der Waals surface area contributed by atoms with Gasteiger partial charge in [-0.3, -0.25) is 0 Å². The number of esters is 1. The highest BCUT2D eigenvalue weighted by molar-refractivity contribution is 5.97. The summed E-state index contributed by atoms with van der Waals surface area (Å²) in [6, 6.07) is 9.32. The van der Waals surface area contributed by atoms with Gasteiger partial charge in [0.15, 0.2) is 0 Å². The van der Waals surface area contributed by atoms with E-state index in [4.69, 9.17) is 9.47 Å². The molecule has 0 fully saturated rings. The van der Waals surface area contributed by atoms with Gasteiger partial charge in [0.25, 0.3) is 5.79 Å². The van der Waals surface area contributed by atoms with Crippen molar-refractivity contribution in [3.8, 4) is 5.88 Å². The van der Waals surface area contributed by atoms with Crippen LogP contribution in [0, 0.1) is 0 Å². The minimum absolute atomic E-state index is 0.338. The fraction of sp³-hybridized carbons (Fsp3) is 0.231. The standard InChI is InChI=1S/C13H11NO3/c1-13(2)16-11-9(12(15)17-13)7-8-5-3-4-6-10(8)14-11/h3-7H,1-2H3. The highest BCUT2D eigenvalue weighted by atomic mass is 16.7. The third kappa shape index (κ3) is 1.62. The number of carbonyl (C=O) groups excluding carboxylic acids is 1. The van der Waals surface area contributed by atoms with Crippen LogP contribution in [0.5, 0.6) is 5.88 Å². The Kier molecular flexibility index (Phi) is 1.90. The topological polar surface area (TPSA) is 48.4 Å². The summed E-state index contributed by atoms with van der Waals surface area (Å²) in [5.74, 6) is -1.01. The molecule has 2 heterocycles. The maximum Gasteiger partial charge on any atom is 0.346 e. The van der Waals surface area contributed by atoms with Gasteiger partial charge in [0.1, 0.15) is 5.56 Å². The summed E-state index contributed by atoms with van der Waals surface area (Å²) in [5, 5.41) is 0.895. The number of aromatic nitrogens is 1. The van der Waals surface area contributed by atoms with E-state index in [0.29, 0.717) is 11.4 Å². The Morgan fingerprint density at radius 3 is 2.76 bits per heavy atom. The van der Waals surface area contributed by atoms with Crippen molar-refractivity contribution in [2.75, 3.05) is 0 Å². The molecule has 0 aliphatic carbocycles. The maximum absolute atomic E-state index is 11.8. The molecule has 0 radical (unpaired) electrons. The largest absolute Gasteiger partial charge is 0.435 e. The highest BCUT2D eigenvalue weighted by Gasteiger charge is 2.35. The molecule has 86 valence electrons. The molecule has 1 aromatic heterocycles. The number of carbonyl (C=O) groups is 1. The molecule has 3 rings (SSSR count). The molecule has 0 saturated heterocycles. The molecule has 4 nitrogen and oxygen atoms in total. The number of para-hydroxylation sites is 1. The van der Waals surface area contributed by atoms with Gasteiger partial charge in [-0.05, 0) is 12.1 Å². The zero-order chi connectivity index (χ0) is 12.0. The zero-order valence-electron chi connectivity index (χ0n) is 9.56. The van der Waals surface area contributed by atoms with E-state index in [1.165, 1.54) is 0 Å². The number of cyclic esters (lactones) is 1. The average Bonchev–Trinajstić information content (AvgIpc) is 2.25. The number of fused-ring (bicyclic) bond motifs is 2. The predicted octanol–water partition coefficient (Wildman–Crippen LogP) is 2.52. The molecule has 0 bridgehead atoms. The molecule has 1 aromatic carbocycles. The lowest BCUT2D eigenvalue weighted by Crippen LogP contribution is -2.39. The number of nitrogens with zero attached hydrogens (tertiary/aromatic N) is 1. The molecule has 0 atom stereocenters. The van der Waals surface area contributed by atoms with E-state index in [1.54, 1.807) is 19.9 Å². The van der Waals surface area contributed by atoms with E-state index >= 15 is 0 Å². The van der Waals surface area contributed by atoms with Crippen LogP contribution in [0.3, 0.4) is 0 Å². The molecule has 1 aliphatic rings. The summed E-state index contributed by atoms with van der Waals surface area (Å²) >= 11 is 0. The monoisotopic (exact) mass is 229 g/mol. The Morgan fingerprint density at radius 1 is 1.18 bits per heavy atom. The quantitative estimate of drug-likeness (QED) is 0.651. The van der Waals surface area contributed by atoms with Crippen molar-refractivity contribution >= 4 is 16.9 Å². The molecule has 1 aliphatic heterocycles. The fourth-order valence-electron chi connectivity index (χ4n) is 1.85. The second kappa shape index (κ2) is 3.20. The van der Waals surface area contributed by atoms with Crippen molar-refractivity contribution in [3.63, 3.8) is 0 Å². The van der Waals surface area contributed by atoms with E-state index in [0.717, 1.165) is 10.9 Å². The minimum Gasteiger partial charge on any atom is -0.435 e. The second-order valence-electron chi connectivity index (χ2n) is 4.43. The second-order valence-corrected chi connectivity index (χ2v) is 4.43. The molecule has 0 amide bonds. The zero-order valence-corrected chi connectivity index (χ0v) is 9.56. The summed E-state index contributed by atoms with van der Waals surface area (Å²) in [6.45, 7) is 3.37. The maximum atomic E-state index is 11.8. The molecule has 4 heteroatoms. The minimum atomic E-state index is -0.959. The third-order valence-corrected chi connectivity index (χ3v) is 2.59. The molecule has 2 aromatic rings. The normalized spacial score (nSPS) is 17.2. The summed E-state index contributed by atoms with van der Waals surface area (Å²) in [7, 11) is 0. The lowest BCUT2D eigenvalue weighted by atomic mass is 10.1. The van der Waals surface area contributed by atoms with Gasteiger partial charge in [0.05, 0.1) is 5.52 Å². The number of benzene rings is 1. The van der Waals surface area contributed by atoms with Crippen molar-refractivity contribution in [2.45, 2.75) is 19.6 Å². The first-order valence-corrected chi connectivity index (χ1v) is 5.37. The van der Waals surface area contributed by atoms with Crippen LogP contribution < -0.4 is 4.74 Å². The lowest BCUT2D eigenvalue weighted by molar-refractivity contribution is -0.129. The molecule has 0 saturated carbocycles. The molecule has 0 spiro atoms. The van der Waals surface area contributed by atoms with Crippen LogP contribution in [-0.4, -0.2) is 16.7 Å². The Morgan fingerprint density at radius 2 is 1.94 bits per heavy atom. The molecular formula is C13H11NO3. The van der Waals surface area contributed by atoms with E-state index < -0.39 is 11.8 Å². The molecular weight excluding hydrogens is 218 g/mol. The van der Waals surface area contributed by atoms with Crippen molar-refractivity contribution < 1.29 is 14.3 Å². The summed E-state index contributed by atoms with van der Waals surface area (Å²) < 4.78 is 10.7. The Hall–Kier alpha value is -2.10. The summed E-state index contributed by atoms with van der Waals surface area (Å²) in [5.41, 5.74) is 1.18. The number of hydrogen-bond donors (Lipinski definition) is 0. The highest BCUT2D eigenvalue weighted by Crippen LogP contribution is 2.31. The van der Waals surface area contributed by atoms with E-state index in [9.17, 15) is 4.79 Å². The lowest BCUT2D eigenvalue weighted by Gasteiger charge is -2.30. The van der Waals surface area contributed by atoms with Crippen LogP contribution >= 0.6 is 0 Å². The van der Waals surface area contributed by atoms with Crippen molar-refractivity contribution in [1.82, 2.24) is 4.98 Å². The van der Waals surface area contributed by atoms with Crippen LogP contribution in [0.25, 0.3) is 10.9 Å². The van der Waals surface area contributed by atoms with Gasteiger partial charge in [0.2, 0.25) is 5.88 Å². The fourth-order valence-corrected chi connectivity index (χ4v) is 1.85. The number of pyridine rings is 1. The van der Waals surface area contributed by atoms with Crippen LogP contribution in [0.4, 0.5) is 0 Å². The van der Waals surface area contributed by atoms with Gasteiger partial charge < -0.3 is 9.47 Å². The first-order chi connectivity index (χ1) is 8.05. The third-order valence-electron chi connectivity index (χ3n) is 2.59. The van der Waals surface area contributed by atoms with E-state index in [-0.39, 0.29) is 0 Å². The first kappa shape index (κ1) is 10.1. The van der Waals surface area contributed by atoms with E-state index in [2.05, 4.69) is 4.98 Å². The number of hydrogen-bond acceptors (Lipinski definition) is 4. The van der Waals surface area contributed by atoms with Crippen molar-refractivity contribution in [3.05, 3.63) is 35.9 Å². The SMILES string of the molecule is CC1(C)OC(=O)c2cc3ccccc3nc2O1. The van der Waals surface area contributed by atoms with Crippen LogP contribution in [0.2, 0.25) is 0 Å². The Labute approximate surface area is 98.2 Å². The average molecular weight is 229 g/mol. The van der Waals surface area contributed by atoms with Crippen LogP contribution in [-0.2, 0) is 4.74 Å². The van der Waals surface area contributed by atoms with Crippen molar-refractivity contribution in [2.24, 2.45) is 0 Å². The van der Waals surface area contributed by atoms with Gasteiger partial charge in [-0.2, -0.15) is 0 Å². The Balaban J connectivity index is 2.25. The summed E-state index contributed by atoms with van der Waals surface area (Å²) in [4.78, 5) is 16.1. The van der Waals surface area contributed by atoms with Crippen LogP contribution in [0.15, 0.2) is 30.3 Å². The molecule has 0 unspecified atom stereocenters. The van der Waals surface area contributed by atoms with E-state index in [1.807, 2.05) is 24.3 Å².